The van der Waals surface area contributed by atoms with Crippen molar-refractivity contribution in [1.82, 2.24) is 0 Å². The Morgan fingerprint density at radius 1 is 1.04 bits per heavy atom. The van der Waals surface area contributed by atoms with E-state index in [2.05, 4.69) is 6.58 Å². The number of benzene rings is 2. The van der Waals surface area contributed by atoms with E-state index in [4.69, 9.17) is 5.11 Å². The summed E-state index contributed by atoms with van der Waals surface area (Å²) < 4.78 is 0. The number of carbonyl (C=O) groups excluding carboxylic acids is 1. The fourth-order valence-corrected chi connectivity index (χ4v) is 2.65. The maximum Gasteiger partial charge on any atom is 0.335 e. The minimum absolute atomic E-state index is 0.00339. The molecule has 5 heteroatoms. The Morgan fingerprint density at radius 3 is 2.07 bits per heavy atom. The van der Waals surface area contributed by atoms with Crippen molar-refractivity contribution >= 4 is 29.6 Å². The van der Waals surface area contributed by atoms with Crippen LogP contribution in [0.2, 0.25) is 0 Å². The highest BCUT2D eigenvalue weighted by Crippen LogP contribution is 2.27. The molecule has 0 aromatic heterocycles. The van der Waals surface area contributed by atoms with Crippen molar-refractivity contribution in [3.05, 3.63) is 81.6 Å². The van der Waals surface area contributed by atoms with E-state index in [0.717, 1.165) is 16.0 Å². The van der Waals surface area contributed by atoms with Crippen molar-refractivity contribution in [2.24, 2.45) is 0 Å². The zero-order chi connectivity index (χ0) is 21.7. The second kappa shape index (κ2) is 13.4. The SMILES string of the molecule is C=C(C)S/C(=C/c1cccc(O)c1)C(C)=O.CC.Cc1cccc(C(=O)O)c1. The van der Waals surface area contributed by atoms with Gasteiger partial charge in [0.1, 0.15) is 5.75 Å². The van der Waals surface area contributed by atoms with Gasteiger partial charge >= 0.3 is 5.97 Å². The maximum atomic E-state index is 11.4. The van der Waals surface area contributed by atoms with E-state index in [1.807, 2.05) is 39.8 Å². The molecule has 0 radical (unpaired) electrons. The molecule has 0 atom stereocenters. The maximum absolute atomic E-state index is 11.4. The van der Waals surface area contributed by atoms with Gasteiger partial charge < -0.3 is 10.2 Å². The molecule has 0 saturated carbocycles. The summed E-state index contributed by atoms with van der Waals surface area (Å²) in [6.07, 6.45) is 1.75. The van der Waals surface area contributed by atoms with Gasteiger partial charge in [0.05, 0.1) is 10.5 Å². The van der Waals surface area contributed by atoms with Gasteiger partial charge in [-0.15, -0.1) is 0 Å². The van der Waals surface area contributed by atoms with E-state index in [-0.39, 0.29) is 11.5 Å². The number of aromatic carboxylic acids is 1. The number of carboxylic acid groups (broad SMARTS) is 1. The zero-order valence-corrected chi connectivity index (χ0v) is 17.8. The minimum Gasteiger partial charge on any atom is -0.508 e. The number of rotatable bonds is 5. The molecule has 0 spiro atoms. The highest BCUT2D eigenvalue weighted by Gasteiger charge is 2.05. The molecule has 150 valence electrons. The van der Waals surface area contributed by atoms with Gasteiger partial charge in [-0.1, -0.05) is 62.0 Å². The number of aryl methyl sites for hydroxylation is 1. The Kier molecular flexibility index (Phi) is 12.1. The molecule has 2 aromatic carbocycles. The predicted octanol–water partition coefficient (Wildman–Crippen LogP) is 6.31. The Balaban J connectivity index is 0.000000520. The van der Waals surface area contributed by atoms with Crippen LogP contribution in [0.15, 0.2) is 64.9 Å². The second-order valence-corrected chi connectivity index (χ2v) is 6.98. The smallest absolute Gasteiger partial charge is 0.335 e. The van der Waals surface area contributed by atoms with Crippen molar-refractivity contribution in [3.8, 4) is 5.75 Å². The van der Waals surface area contributed by atoms with E-state index in [1.165, 1.54) is 18.7 Å². The zero-order valence-electron chi connectivity index (χ0n) is 17.0. The lowest BCUT2D eigenvalue weighted by molar-refractivity contribution is -0.112. The fourth-order valence-electron chi connectivity index (χ4n) is 1.93. The molecule has 0 bridgehead atoms. The number of hydrogen-bond acceptors (Lipinski definition) is 4. The standard InChI is InChI=1S/C13H14O2S.C8H8O2.C2H6/c1-9(2)16-13(10(3)14)8-11-5-4-6-12(15)7-11;1-6-3-2-4-7(5-6)8(9)10;1-2/h4-8,15H,1H2,2-3H3;2-5H,1H3,(H,9,10);1-2H3/b13-8+;;. The Hall–Kier alpha value is -2.79. The lowest BCUT2D eigenvalue weighted by Gasteiger charge is -2.03. The van der Waals surface area contributed by atoms with Crippen LogP contribution in [0.5, 0.6) is 5.75 Å². The summed E-state index contributed by atoms with van der Waals surface area (Å²) in [5.74, 6) is -0.683. The van der Waals surface area contributed by atoms with Crippen LogP contribution in [0.4, 0.5) is 0 Å². The van der Waals surface area contributed by atoms with Crippen LogP contribution in [-0.2, 0) is 4.79 Å². The van der Waals surface area contributed by atoms with Gasteiger partial charge in [0.2, 0.25) is 0 Å². The van der Waals surface area contributed by atoms with Crippen LogP contribution in [0.1, 0.15) is 49.2 Å². The van der Waals surface area contributed by atoms with Crippen LogP contribution in [0, 0.1) is 6.92 Å². The number of phenols is 1. The molecule has 0 unspecified atom stereocenters. The van der Waals surface area contributed by atoms with E-state index in [9.17, 15) is 14.7 Å². The number of Topliss-reactive ketones (excluding diaryl/α,β-unsaturated/α-hetero) is 1. The Labute approximate surface area is 171 Å². The predicted molar refractivity (Wildman–Crippen MR) is 119 cm³/mol. The molecule has 0 saturated heterocycles. The van der Waals surface area contributed by atoms with Crippen LogP contribution in [0.3, 0.4) is 0 Å². The first-order valence-corrected chi connectivity index (χ1v) is 9.65. The topological polar surface area (TPSA) is 74.6 Å². The molecule has 0 fully saturated rings. The van der Waals surface area contributed by atoms with Crippen LogP contribution in [0.25, 0.3) is 6.08 Å². The van der Waals surface area contributed by atoms with Crippen molar-refractivity contribution < 1.29 is 19.8 Å². The molecule has 0 aliphatic carbocycles. The summed E-state index contributed by atoms with van der Waals surface area (Å²) in [5.41, 5.74) is 2.12. The highest BCUT2D eigenvalue weighted by molar-refractivity contribution is 8.07. The number of allylic oxidation sites excluding steroid dienone is 2. The van der Waals surface area contributed by atoms with Gasteiger partial charge in [-0.25, -0.2) is 4.79 Å². The second-order valence-electron chi connectivity index (χ2n) is 5.64. The summed E-state index contributed by atoms with van der Waals surface area (Å²) >= 11 is 1.34. The molecule has 0 amide bonds. The van der Waals surface area contributed by atoms with Crippen molar-refractivity contribution in [2.45, 2.75) is 34.6 Å². The molecular formula is C23H28O4S. The van der Waals surface area contributed by atoms with E-state index < -0.39 is 5.97 Å². The van der Waals surface area contributed by atoms with Crippen molar-refractivity contribution in [3.63, 3.8) is 0 Å². The summed E-state index contributed by atoms with van der Waals surface area (Å²) in [6.45, 7) is 13.0. The summed E-state index contributed by atoms with van der Waals surface area (Å²) in [7, 11) is 0. The monoisotopic (exact) mass is 400 g/mol. The van der Waals surface area contributed by atoms with Gasteiger partial charge in [-0.05, 0) is 61.6 Å². The molecule has 4 nitrogen and oxygen atoms in total. The van der Waals surface area contributed by atoms with Gasteiger partial charge in [0.25, 0.3) is 0 Å². The van der Waals surface area contributed by atoms with E-state index in [1.54, 1.807) is 42.5 Å². The van der Waals surface area contributed by atoms with E-state index >= 15 is 0 Å². The number of carboxylic acids is 1. The number of thioether (sulfide) groups is 1. The minimum atomic E-state index is -0.872. The third-order valence-electron chi connectivity index (χ3n) is 3.06. The van der Waals surface area contributed by atoms with Crippen LogP contribution < -0.4 is 0 Å². The lowest BCUT2D eigenvalue weighted by Crippen LogP contribution is -1.95. The molecule has 2 aromatic rings. The average Bonchev–Trinajstić information content (AvgIpc) is 2.63. The number of phenolic OH excluding ortho intramolecular Hbond substituents is 1. The first kappa shape index (κ1) is 25.2. The third kappa shape index (κ3) is 10.4. The first-order chi connectivity index (χ1) is 13.2. The number of ketones is 1. The number of aromatic hydroxyl groups is 1. The van der Waals surface area contributed by atoms with Crippen LogP contribution in [-0.4, -0.2) is 22.0 Å². The molecule has 0 aliphatic heterocycles. The largest absolute Gasteiger partial charge is 0.508 e. The molecule has 28 heavy (non-hydrogen) atoms. The van der Waals surface area contributed by atoms with Crippen LogP contribution >= 0.6 is 11.8 Å². The van der Waals surface area contributed by atoms with E-state index in [0.29, 0.717) is 10.5 Å². The summed E-state index contributed by atoms with van der Waals surface area (Å²) in [6, 6.07) is 13.6. The van der Waals surface area contributed by atoms with Gasteiger partial charge in [-0.2, -0.15) is 0 Å². The van der Waals surface area contributed by atoms with Gasteiger partial charge in [0, 0.05) is 0 Å². The average molecular weight is 401 g/mol. The third-order valence-corrected chi connectivity index (χ3v) is 4.04. The molecule has 2 rings (SSSR count). The summed E-state index contributed by atoms with van der Waals surface area (Å²) in [4.78, 5) is 23.2. The molecule has 0 heterocycles. The molecule has 0 aliphatic rings. The molecular weight excluding hydrogens is 372 g/mol. The highest BCUT2D eigenvalue weighted by atomic mass is 32.2. The summed E-state index contributed by atoms with van der Waals surface area (Å²) in [5, 5.41) is 17.8. The van der Waals surface area contributed by atoms with Gasteiger partial charge in [-0.3, -0.25) is 4.79 Å². The van der Waals surface area contributed by atoms with Crippen molar-refractivity contribution in [1.29, 1.82) is 0 Å². The lowest BCUT2D eigenvalue weighted by atomic mass is 10.1. The number of hydrogen-bond donors (Lipinski definition) is 2. The Bertz CT molecular complexity index is 838. The Morgan fingerprint density at radius 2 is 1.64 bits per heavy atom. The quantitative estimate of drug-likeness (QED) is 0.575. The fraction of sp³-hybridized carbons (Fsp3) is 0.217. The molecule has 2 N–H and O–H groups in total. The van der Waals surface area contributed by atoms with Crippen molar-refractivity contribution in [2.75, 3.05) is 0 Å². The normalized spacial score (nSPS) is 9.96. The number of carbonyl (C=O) groups is 2. The van der Waals surface area contributed by atoms with Gasteiger partial charge in [0.15, 0.2) is 5.78 Å². The first-order valence-electron chi connectivity index (χ1n) is 8.84.